The van der Waals surface area contributed by atoms with Crippen LogP contribution in [0, 0.1) is 11.3 Å². The summed E-state index contributed by atoms with van der Waals surface area (Å²) in [6, 6.07) is 7.84. The molecule has 0 aliphatic rings. The van der Waals surface area contributed by atoms with Gasteiger partial charge in [0.05, 0.1) is 17.5 Å². The van der Waals surface area contributed by atoms with Crippen molar-refractivity contribution in [2.75, 3.05) is 17.2 Å². The molecule has 0 saturated carbocycles. The number of hydrogen-bond acceptors (Lipinski definition) is 6. The fourth-order valence-corrected chi connectivity index (χ4v) is 1.87. The summed E-state index contributed by atoms with van der Waals surface area (Å²) in [4.78, 5) is 8.19. The van der Waals surface area contributed by atoms with Crippen LogP contribution in [-0.2, 0) is 0 Å². The van der Waals surface area contributed by atoms with Crippen LogP contribution in [0.4, 0.5) is 16.6 Å². The fourth-order valence-electron chi connectivity index (χ4n) is 1.24. The Morgan fingerprint density at radius 3 is 3.00 bits per heavy atom. The van der Waals surface area contributed by atoms with E-state index in [-0.39, 0.29) is 0 Å². The highest BCUT2D eigenvalue weighted by atomic mass is 32.1. The lowest BCUT2D eigenvalue weighted by Gasteiger charge is -2.05. The molecule has 6 heteroatoms. The van der Waals surface area contributed by atoms with Crippen LogP contribution in [-0.4, -0.2) is 16.5 Å². The van der Waals surface area contributed by atoms with Gasteiger partial charge in [-0.15, -0.1) is 11.3 Å². The van der Waals surface area contributed by atoms with Crippen LogP contribution in [0.5, 0.6) is 0 Å². The van der Waals surface area contributed by atoms with Crippen LogP contribution >= 0.6 is 11.3 Å². The van der Waals surface area contributed by atoms with Crippen molar-refractivity contribution in [2.24, 2.45) is 0 Å². The highest BCUT2D eigenvalue weighted by Crippen LogP contribution is 2.20. The van der Waals surface area contributed by atoms with Gasteiger partial charge in [-0.25, -0.2) is 9.97 Å². The zero-order valence-electron chi connectivity index (χ0n) is 9.05. The second-order valence-corrected chi connectivity index (χ2v) is 4.17. The molecule has 0 aliphatic heterocycles. The maximum atomic E-state index is 8.44. The van der Waals surface area contributed by atoms with E-state index in [0.717, 1.165) is 10.8 Å². The van der Waals surface area contributed by atoms with Crippen molar-refractivity contribution in [3.63, 3.8) is 0 Å². The van der Waals surface area contributed by atoms with Crippen LogP contribution in [0.3, 0.4) is 0 Å². The third kappa shape index (κ3) is 3.43. The summed E-state index contributed by atoms with van der Waals surface area (Å²) >= 11 is 1.61. The van der Waals surface area contributed by atoms with Gasteiger partial charge in [-0.1, -0.05) is 0 Å². The first kappa shape index (κ1) is 11.4. The maximum absolute atomic E-state index is 8.44. The first-order valence-corrected chi connectivity index (χ1v) is 6.00. The predicted octanol–water partition coefficient (Wildman–Crippen LogP) is 2.61. The van der Waals surface area contributed by atoms with E-state index in [0.29, 0.717) is 18.8 Å². The number of nitrogens with zero attached hydrogens (tertiary/aromatic N) is 3. The quantitative estimate of drug-likeness (QED) is 0.792. The highest BCUT2D eigenvalue weighted by Gasteiger charge is 1.99. The summed E-state index contributed by atoms with van der Waals surface area (Å²) in [7, 11) is 0. The number of rotatable bonds is 5. The zero-order valence-corrected chi connectivity index (χ0v) is 9.87. The molecule has 2 heterocycles. The first-order valence-electron chi connectivity index (χ1n) is 5.12. The second kappa shape index (κ2) is 5.82. The Bertz CT molecular complexity index is 503. The van der Waals surface area contributed by atoms with Gasteiger partial charge in [0.15, 0.2) is 0 Å². The van der Waals surface area contributed by atoms with E-state index in [1.54, 1.807) is 11.3 Å². The normalized spacial score (nSPS) is 9.59. The van der Waals surface area contributed by atoms with Gasteiger partial charge >= 0.3 is 0 Å². The third-order valence-electron chi connectivity index (χ3n) is 1.98. The monoisotopic (exact) mass is 245 g/mol. The summed E-state index contributed by atoms with van der Waals surface area (Å²) in [5, 5.41) is 17.7. The Morgan fingerprint density at radius 1 is 1.35 bits per heavy atom. The lowest BCUT2D eigenvalue weighted by Crippen LogP contribution is -2.03. The zero-order chi connectivity index (χ0) is 11.9. The van der Waals surface area contributed by atoms with Crippen molar-refractivity contribution in [3.05, 3.63) is 29.9 Å². The SMILES string of the molecule is N#CCCNc1cc(Nc2cccs2)ncn1. The molecule has 0 spiro atoms. The smallest absolute Gasteiger partial charge is 0.136 e. The summed E-state index contributed by atoms with van der Waals surface area (Å²) in [6.07, 6.45) is 1.95. The summed E-state index contributed by atoms with van der Waals surface area (Å²) in [5.41, 5.74) is 0. The number of nitriles is 1. The standard InChI is InChI=1S/C11H11N5S/c12-4-2-5-13-9-7-10(15-8-14-9)16-11-3-1-6-17-11/h1,3,6-8H,2,5H2,(H2,13,14,15,16). The molecule has 2 aromatic heterocycles. The summed E-state index contributed by atoms with van der Waals surface area (Å²) in [6.45, 7) is 0.589. The van der Waals surface area contributed by atoms with Crippen LogP contribution < -0.4 is 10.6 Å². The minimum atomic E-state index is 0.456. The Balaban J connectivity index is 1.99. The average molecular weight is 245 g/mol. The summed E-state index contributed by atoms with van der Waals surface area (Å²) < 4.78 is 0. The Kier molecular flexibility index (Phi) is 3.89. The van der Waals surface area contributed by atoms with Gasteiger partial charge in [-0.05, 0) is 17.5 Å². The van der Waals surface area contributed by atoms with Crippen LogP contribution in [0.2, 0.25) is 0 Å². The molecule has 17 heavy (non-hydrogen) atoms. The molecule has 0 radical (unpaired) electrons. The van der Waals surface area contributed by atoms with E-state index in [2.05, 4.69) is 26.7 Å². The average Bonchev–Trinajstić information content (AvgIpc) is 2.83. The number of anilines is 3. The van der Waals surface area contributed by atoms with E-state index in [1.807, 2.05) is 23.6 Å². The summed E-state index contributed by atoms with van der Waals surface area (Å²) in [5.74, 6) is 1.45. The molecular formula is C11H11N5S. The minimum absolute atomic E-state index is 0.456. The van der Waals surface area contributed by atoms with E-state index in [1.165, 1.54) is 6.33 Å². The van der Waals surface area contributed by atoms with Crippen molar-refractivity contribution >= 4 is 28.0 Å². The van der Waals surface area contributed by atoms with Crippen molar-refractivity contribution in [1.29, 1.82) is 5.26 Å². The molecule has 0 atom stereocenters. The fraction of sp³-hybridized carbons (Fsp3) is 0.182. The largest absolute Gasteiger partial charge is 0.369 e. The van der Waals surface area contributed by atoms with Crippen LogP contribution in [0.1, 0.15) is 6.42 Å². The molecule has 5 nitrogen and oxygen atoms in total. The van der Waals surface area contributed by atoms with E-state index in [9.17, 15) is 0 Å². The van der Waals surface area contributed by atoms with Crippen molar-refractivity contribution in [1.82, 2.24) is 9.97 Å². The molecule has 2 aromatic rings. The molecule has 0 aliphatic carbocycles. The molecule has 2 rings (SSSR count). The van der Waals surface area contributed by atoms with Crippen molar-refractivity contribution < 1.29 is 0 Å². The van der Waals surface area contributed by atoms with Gasteiger partial charge in [0.25, 0.3) is 0 Å². The van der Waals surface area contributed by atoms with Crippen LogP contribution in [0.15, 0.2) is 29.9 Å². The number of hydrogen-bond donors (Lipinski definition) is 2. The Labute approximate surface area is 103 Å². The van der Waals surface area contributed by atoms with Gasteiger partial charge in [0.1, 0.15) is 18.0 Å². The molecule has 0 unspecified atom stereocenters. The van der Waals surface area contributed by atoms with Gasteiger partial charge < -0.3 is 10.6 Å². The topological polar surface area (TPSA) is 73.6 Å². The molecule has 0 bridgehead atoms. The van der Waals surface area contributed by atoms with Crippen LogP contribution in [0.25, 0.3) is 0 Å². The van der Waals surface area contributed by atoms with E-state index >= 15 is 0 Å². The molecular weight excluding hydrogens is 234 g/mol. The predicted molar refractivity (Wildman–Crippen MR) is 68.4 cm³/mol. The van der Waals surface area contributed by atoms with Gasteiger partial charge in [-0.3, -0.25) is 0 Å². The Morgan fingerprint density at radius 2 is 2.24 bits per heavy atom. The molecule has 0 saturated heterocycles. The maximum Gasteiger partial charge on any atom is 0.136 e. The number of nitrogens with one attached hydrogen (secondary N) is 2. The number of aromatic nitrogens is 2. The minimum Gasteiger partial charge on any atom is -0.369 e. The van der Waals surface area contributed by atoms with Gasteiger partial charge in [0.2, 0.25) is 0 Å². The van der Waals surface area contributed by atoms with Crippen molar-refractivity contribution in [3.8, 4) is 6.07 Å². The molecule has 0 fully saturated rings. The lowest BCUT2D eigenvalue weighted by molar-refractivity contribution is 1.04. The lowest BCUT2D eigenvalue weighted by atomic mass is 10.4. The van der Waals surface area contributed by atoms with E-state index < -0.39 is 0 Å². The van der Waals surface area contributed by atoms with Gasteiger partial charge in [0, 0.05) is 12.6 Å². The Hall–Kier alpha value is -2.13. The molecule has 2 N–H and O–H groups in total. The highest BCUT2D eigenvalue weighted by molar-refractivity contribution is 7.14. The first-order chi connectivity index (χ1) is 8.38. The van der Waals surface area contributed by atoms with Gasteiger partial charge in [-0.2, -0.15) is 5.26 Å². The molecule has 0 aromatic carbocycles. The number of thiophene rings is 1. The van der Waals surface area contributed by atoms with Crippen molar-refractivity contribution in [2.45, 2.75) is 6.42 Å². The molecule has 0 amide bonds. The third-order valence-corrected chi connectivity index (χ3v) is 2.77. The van der Waals surface area contributed by atoms with E-state index in [4.69, 9.17) is 5.26 Å². The molecule has 86 valence electrons. The second-order valence-electron chi connectivity index (χ2n) is 3.23.